The van der Waals surface area contributed by atoms with Gasteiger partial charge in [0.05, 0.1) is 23.8 Å². The second kappa shape index (κ2) is 9.09. The van der Waals surface area contributed by atoms with Gasteiger partial charge in [0.1, 0.15) is 12.4 Å². The molecule has 0 fully saturated rings. The molecule has 154 valence electrons. The normalized spacial score (nSPS) is 10.6. The fourth-order valence-corrected chi connectivity index (χ4v) is 3.36. The Morgan fingerprint density at radius 1 is 0.839 bits per heavy atom. The first-order chi connectivity index (χ1) is 15.1. The standard InChI is InChI=1S/C25H20N2O4/c28-24-22(25(29)30)21(18-10-4-1-5-11-18)23(19-12-6-2-7-13-19)26-27(24)16-17-31-20-14-8-3-9-15-20/h1-15H,16-17H2,(H,29,30)/p-1. The number of carbonyl (C=O) groups excluding carboxylic acids is 1. The Balaban J connectivity index is 1.83. The average molecular weight is 411 g/mol. The van der Waals surface area contributed by atoms with Gasteiger partial charge in [0.2, 0.25) is 0 Å². The molecule has 3 aromatic carbocycles. The molecule has 31 heavy (non-hydrogen) atoms. The van der Waals surface area contributed by atoms with Gasteiger partial charge in [-0.15, -0.1) is 0 Å². The third-order valence-electron chi connectivity index (χ3n) is 4.78. The van der Waals surface area contributed by atoms with Gasteiger partial charge in [-0.25, -0.2) is 4.68 Å². The lowest BCUT2D eigenvalue weighted by Gasteiger charge is -2.18. The van der Waals surface area contributed by atoms with Crippen molar-refractivity contribution < 1.29 is 14.6 Å². The van der Waals surface area contributed by atoms with Crippen molar-refractivity contribution in [3.8, 4) is 28.1 Å². The number of rotatable bonds is 7. The van der Waals surface area contributed by atoms with E-state index >= 15 is 0 Å². The first-order valence-electron chi connectivity index (χ1n) is 9.80. The molecule has 0 bridgehead atoms. The zero-order chi connectivity index (χ0) is 21.6. The maximum absolute atomic E-state index is 13.1. The monoisotopic (exact) mass is 411 g/mol. The Hall–Kier alpha value is -4.19. The second-order valence-corrected chi connectivity index (χ2v) is 6.81. The molecule has 0 aliphatic heterocycles. The van der Waals surface area contributed by atoms with Gasteiger partial charge in [-0.05, 0) is 17.7 Å². The van der Waals surface area contributed by atoms with E-state index in [-0.39, 0.29) is 18.7 Å². The van der Waals surface area contributed by atoms with Crippen molar-refractivity contribution in [1.82, 2.24) is 9.78 Å². The van der Waals surface area contributed by atoms with Gasteiger partial charge in [0.25, 0.3) is 5.56 Å². The van der Waals surface area contributed by atoms with Crippen LogP contribution in [-0.2, 0) is 6.54 Å². The van der Waals surface area contributed by atoms with Gasteiger partial charge >= 0.3 is 0 Å². The first kappa shape index (κ1) is 20.1. The molecule has 4 rings (SSSR count). The fourth-order valence-electron chi connectivity index (χ4n) is 3.36. The van der Waals surface area contributed by atoms with Gasteiger partial charge in [-0.1, -0.05) is 78.9 Å². The van der Waals surface area contributed by atoms with E-state index in [1.165, 1.54) is 0 Å². The van der Waals surface area contributed by atoms with Crippen LogP contribution < -0.4 is 15.4 Å². The van der Waals surface area contributed by atoms with E-state index in [1.54, 1.807) is 36.4 Å². The van der Waals surface area contributed by atoms with Crippen LogP contribution in [0.2, 0.25) is 0 Å². The molecule has 0 amide bonds. The Labute approximate surface area is 179 Å². The summed E-state index contributed by atoms with van der Waals surface area (Å²) < 4.78 is 6.79. The van der Waals surface area contributed by atoms with Crippen molar-refractivity contribution in [1.29, 1.82) is 0 Å². The quantitative estimate of drug-likeness (QED) is 0.467. The highest BCUT2D eigenvalue weighted by molar-refractivity contribution is 5.98. The lowest BCUT2D eigenvalue weighted by atomic mass is 9.95. The van der Waals surface area contributed by atoms with Gasteiger partial charge in [0, 0.05) is 11.1 Å². The van der Waals surface area contributed by atoms with Crippen LogP contribution in [0.5, 0.6) is 5.75 Å². The molecule has 0 N–H and O–H groups in total. The SMILES string of the molecule is O=C([O-])c1c(-c2ccccc2)c(-c2ccccc2)nn(CCOc2ccccc2)c1=O. The summed E-state index contributed by atoms with van der Waals surface area (Å²) >= 11 is 0. The van der Waals surface area contributed by atoms with Crippen LogP contribution in [0.1, 0.15) is 10.4 Å². The predicted molar refractivity (Wildman–Crippen MR) is 116 cm³/mol. The van der Waals surface area contributed by atoms with Crippen LogP contribution in [0.3, 0.4) is 0 Å². The van der Waals surface area contributed by atoms with E-state index in [4.69, 9.17) is 4.74 Å². The molecule has 0 atom stereocenters. The summed E-state index contributed by atoms with van der Waals surface area (Å²) in [5.74, 6) is -0.888. The summed E-state index contributed by atoms with van der Waals surface area (Å²) in [6, 6.07) is 27.2. The average Bonchev–Trinajstić information content (AvgIpc) is 2.81. The maximum Gasteiger partial charge on any atom is 0.276 e. The Morgan fingerprint density at radius 2 is 1.39 bits per heavy atom. The Kier molecular flexibility index (Phi) is 5.89. The number of aromatic carboxylic acids is 1. The minimum atomic E-state index is -1.54. The smallest absolute Gasteiger partial charge is 0.276 e. The van der Waals surface area contributed by atoms with Crippen molar-refractivity contribution >= 4 is 5.97 Å². The predicted octanol–water partition coefficient (Wildman–Crippen LogP) is 3.02. The second-order valence-electron chi connectivity index (χ2n) is 6.81. The summed E-state index contributed by atoms with van der Waals surface area (Å²) in [7, 11) is 0. The molecule has 0 unspecified atom stereocenters. The van der Waals surface area contributed by atoms with Crippen molar-refractivity contribution in [2.24, 2.45) is 0 Å². The maximum atomic E-state index is 13.1. The molecule has 0 saturated heterocycles. The molecule has 1 heterocycles. The van der Waals surface area contributed by atoms with Gasteiger partial charge in [-0.2, -0.15) is 5.10 Å². The van der Waals surface area contributed by atoms with Crippen LogP contribution in [0.15, 0.2) is 95.8 Å². The van der Waals surface area contributed by atoms with Crippen LogP contribution in [-0.4, -0.2) is 22.4 Å². The summed E-state index contributed by atoms with van der Waals surface area (Å²) in [5, 5.41) is 16.6. The largest absolute Gasteiger partial charge is 0.545 e. The molecule has 4 aromatic rings. The molecule has 6 heteroatoms. The van der Waals surface area contributed by atoms with E-state index in [9.17, 15) is 14.7 Å². The van der Waals surface area contributed by atoms with Gasteiger partial charge in [-0.3, -0.25) is 4.79 Å². The fraction of sp³-hybridized carbons (Fsp3) is 0.0800. The topological polar surface area (TPSA) is 84.2 Å². The highest BCUT2D eigenvalue weighted by Gasteiger charge is 2.21. The lowest BCUT2D eigenvalue weighted by Crippen LogP contribution is -2.37. The van der Waals surface area contributed by atoms with Crippen molar-refractivity contribution in [3.63, 3.8) is 0 Å². The molecule has 0 radical (unpaired) electrons. The molecule has 0 aliphatic carbocycles. The summed E-state index contributed by atoms with van der Waals surface area (Å²) in [6.45, 7) is 0.241. The number of carboxylic acids is 1. The van der Waals surface area contributed by atoms with Crippen LogP contribution >= 0.6 is 0 Å². The van der Waals surface area contributed by atoms with Crippen LogP contribution in [0.25, 0.3) is 22.4 Å². The van der Waals surface area contributed by atoms with Crippen molar-refractivity contribution in [3.05, 3.63) is 107 Å². The molecule has 1 aromatic heterocycles. The van der Waals surface area contributed by atoms with Crippen LogP contribution in [0.4, 0.5) is 0 Å². The number of hydrogen-bond acceptors (Lipinski definition) is 5. The van der Waals surface area contributed by atoms with Gasteiger partial charge in [0.15, 0.2) is 0 Å². The molecule has 0 aliphatic rings. The van der Waals surface area contributed by atoms with E-state index in [2.05, 4.69) is 5.10 Å². The number of nitrogens with zero attached hydrogens (tertiary/aromatic N) is 2. The molecule has 0 saturated carbocycles. The summed E-state index contributed by atoms with van der Waals surface area (Å²) in [5.41, 5.74) is 0.775. The third kappa shape index (κ3) is 4.38. The number of ether oxygens (including phenoxy) is 1. The number of carboxylic acid groups (broad SMARTS) is 1. The van der Waals surface area contributed by atoms with Crippen molar-refractivity contribution in [2.45, 2.75) is 6.54 Å². The summed E-state index contributed by atoms with van der Waals surface area (Å²) in [6.07, 6.45) is 0. The minimum absolute atomic E-state index is 0.0862. The lowest BCUT2D eigenvalue weighted by molar-refractivity contribution is -0.255. The number of benzene rings is 3. The number of carbonyl (C=O) groups is 1. The third-order valence-corrected chi connectivity index (χ3v) is 4.78. The first-order valence-corrected chi connectivity index (χ1v) is 9.80. The van der Waals surface area contributed by atoms with E-state index in [1.807, 2.05) is 54.6 Å². The zero-order valence-corrected chi connectivity index (χ0v) is 16.6. The Bertz CT molecular complexity index is 1240. The zero-order valence-electron chi connectivity index (χ0n) is 16.6. The number of aromatic nitrogens is 2. The van der Waals surface area contributed by atoms with E-state index in [0.29, 0.717) is 22.6 Å². The summed E-state index contributed by atoms with van der Waals surface area (Å²) in [4.78, 5) is 25.1. The minimum Gasteiger partial charge on any atom is -0.545 e. The van der Waals surface area contributed by atoms with Crippen molar-refractivity contribution in [2.75, 3.05) is 6.61 Å². The van der Waals surface area contributed by atoms with E-state index < -0.39 is 17.1 Å². The Morgan fingerprint density at radius 3 is 1.97 bits per heavy atom. The van der Waals surface area contributed by atoms with E-state index in [0.717, 1.165) is 4.68 Å². The number of hydrogen-bond donors (Lipinski definition) is 0. The number of para-hydroxylation sites is 1. The molecule has 6 nitrogen and oxygen atoms in total. The highest BCUT2D eigenvalue weighted by Crippen LogP contribution is 2.31. The molecular formula is C25H19N2O4-. The highest BCUT2D eigenvalue weighted by atomic mass is 16.5. The molecular weight excluding hydrogens is 392 g/mol. The van der Waals surface area contributed by atoms with Gasteiger partial charge < -0.3 is 14.6 Å². The molecule has 0 spiro atoms. The van der Waals surface area contributed by atoms with Crippen LogP contribution in [0, 0.1) is 0 Å².